The van der Waals surface area contributed by atoms with Gasteiger partial charge in [0.2, 0.25) is 0 Å². The van der Waals surface area contributed by atoms with E-state index in [1.54, 1.807) is 0 Å². The van der Waals surface area contributed by atoms with Crippen molar-refractivity contribution in [2.75, 3.05) is 38.5 Å². The van der Waals surface area contributed by atoms with E-state index in [4.69, 9.17) is 5.11 Å². The lowest BCUT2D eigenvalue weighted by molar-refractivity contribution is -0.132. The van der Waals surface area contributed by atoms with Crippen molar-refractivity contribution in [3.8, 4) is 0 Å². The third kappa shape index (κ3) is 8.56. The molecule has 146 valence electrons. The highest BCUT2D eigenvalue weighted by molar-refractivity contribution is 5.95. The lowest BCUT2D eigenvalue weighted by atomic mass is 10.2. The molecule has 0 atom stereocenters. The van der Waals surface area contributed by atoms with E-state index < -0.39 is 12.0 Å². The topological polar surface area (TPSA) is 162 Å². The molecule has 11 heteroatoms. The van der Waals surface area contributed by atoms with E-state index in [0.717, 1.165) is 37.4 Å². The number of aliphatic imine (C=N–C) groups is 1. The first kappa shape index (κ1) is 21.7. The Morgan fingerprint density at radius 1 is 1.19 bits per heavy atom. The van der Waals surface area contributed by atoms with E-state index >= 15 is 0 Å². The molecule has 0 saturated carbocycles. The Balaban J connectivity index is 0.000000235. The van der Waals surface area contributed by atoms with Gasteiger partial charge in [-0.3, -0.25) is 0 Å². The molecule has 1 aromatic carbocycles. The first-order valence-electron chi connectivity index (χ1n) is 8.06. The molecule has 27 heavy (non-hydrogen) atoms. The Kier molecular flexibility index (Phi) is 9.75. The minimum atomic E-state index is -1.04. The van der Waals surface area contributed by atoms with Gasteiger partial charge < -0.3 is 26.8 Å². The second-order valence-corrected chi connectivity index (χ2v) is 5.27. The van der Waals surface area contributed by atoms with Crippen molar-refractivity contribution in [2.24, 2.45) is 16.0 Å². The van der Waals surface area contributed by atoms with E-state index in [-0.39, 0.29) is 5.70 Å². The van der Waals surface area contributed by atoms with E-state index in [2.05, 4.69) is 32.0 Å². The molecule has 3 rings (SSSR count). The molecule has 0 radical (unpaired) electrons. The van der Waals surface area contributed by atoms with Crippen LogP contribution in [0.4, 0.5) is 10.5 Å². The lowest BCUT2D eigenvalue weighted by Crippen LogP contribution is -2.39. The molecule has 0 bridgehead atoms. The summed E-state index contributed by atoms with van der Waals surface area (Å²) in [7, 11) is 1.18. The van der Waals surface area contributed by atoms with Gasteiger partial charge in [0.25, 0.3) is 0 Å². The van der Waals surface area contributed by atoms with Crippen molar-refractivity contribution < 1.29 is 14.7 Å². The summed E-state index contributed by atoms with van der Waals surface area (Å²) in [5.41, 5.74) is 6.27. The zero-order valence-corrected chi connectivity index (χ0v) is 14.9. The molecule has 2 aliphatic heterocycles. The molecule has 6 N–H and O–H groups in total. The SMILES string of the molecule is C1CNCCN1.CN(N=O)C(N)=O.O=C(O)C1=CNc2ccccc2C=N1. The number of carbonyl (C=O) groups excluding carboxylic acids is 1. The molecule has 2 aliphatic rings. The number of anilines is 1. The first-order valence-corrected chi connectivity index (χ1v) is 8.06. The number of benzene rings is 1. The van der Waals surface area contributed by atoms with Gasteiger partial charge in [0.15, 0.2) is 5.70 Å². The molecule has 1 aromatic rings. The molecule has 11 nitrogen and oxygen atoms in total. The number of urea groups is 1. The van der Waals surface area contributed by atoms with Gasteiger partial charge in [-0.05, 0) is 6.07 Å². The number of nitroso groups, excluding NO2 is 1. The number of primary amides is 1. The average Bonchev–Trinajstić information content (AvgIpc) is 2.92. The van der Waals surface area contributed by atoms with Crippen LogP contribution in [0.5, 0.6) is 0 Å². The number of carbonyl (C=O) groups is 2. The Morgan fingerprint density at radius 2 is 1.78 bits per heavy atom. The summed E-state index contributed by atoms with van der Waals surface area (Å²) in [6, 6.07) is 6.63. The van der Waals surface area contributed by atoms with Crippen LogP contribution in [0.3, 0.4) is 0 Å². The van der Waals surface area contributed by atoms with Crippen LogP contribution in [-0.2, 0) is 4.79 Å². The fourth-order valence-electron chi connectivity index (χ4n) is 1.82. The van der Waals surface area contributed by atoms with Crippen molar-refractivity contribution >= 4 is 23.9 Å². The summed E-state index contributed by atoms with van der Waals surface area (Å²) in [5, 5.41) is 20.8. The van der Waals surface area contributed by atoms with Crippen molar-refractivity contribution in [1.29, 1.82) is 0 Å². The third-order valence-electron chi connectivity index (χ3n) is 3.29. The molecule has 0 unspecified atom stereocenters. The molecule has 2 heterocycles. The summed E-state index contributed by atoms with van der Waals surface area (Å²) in [4.78, 5) is 33.6. The molecule has 0 spiro atoms. The molecular formula is C16H23N7O4. The number of aliphatic carboxylic acids is 1. The summed E-state index contributed by atoms with van der Waals surface area (Å²) in [6.07, 6.45) is 2.92. The summed E-state index contributed by atoms with van der Waals surface area (Å²) in [5.74, 6) is -1.04. The number of rotatable bonds is 2. The fraction of sp³-hybridized carbons (Fsp3) is 0.312. The zero-order valence-electron chi connectivity index (χ0n) is 14.9. The standard InChI is InChI=1S/C10H8N2O2.C4H10N2.C2H5N3O2/c13-10(14)9-6-12-8-4-2-1-3-7(8)5-11-9;1-2-6-4-3-5-1;1-5(4-7)2(3)6/h1-6,12H,(H,13,14);5-6H,1-4H2;1H3,(H2,3,6). The average molecular weight is 377 g/mol. The molecular weight excluding hydrogens is 354 g/mol. The van der Waals surface area contributed by atoms with Gasteiger partial charge in [-0.1, -0.05) is 18.2 Å². The minimum Gasteiger partial charge on any atom is -0.476 e. The number of nitrogens with two attached hydrogens (primary N) is 1. The monoisotopic (exact) mass is 377 g/mol. The lowest BCUT2D eigenvalue weighted by Gasteiger charge is -2.11. The summed E-state index contributed by atoms with van der Waals surface area (Å²) < 4.78 is 0. The van der Waals surface area contributed by atoms with Crippen LogP contribution in [0.25, 0.3) is 0 Å². The number of hydrogen-bond acceptors (Lipinski definition) is 8. The number of fused-ring (bicyclic) bond motifs is 1. The molecule has 0 aliphatic carbocycles. The Bertz CT molecular complexity index is 690. The Hall–Kier alpha value is -3.31. The van der Waals surface area contributed by atoms with Crippen LogP contribution in [-0.4, -0.2) is 61.6 Å². The van der Waals surface area contributed by atoms with Gasteiger partial charge in [0, 0.05) is 56.9 Å². The number of hydrogen-bond donors (Lipinski definition) is 5. The molecule has 1 saturated heterocycles. The molecule has 1 fully saturated rings. The Labute approximate surface area is 156 Å². The number of para-hydroxylation sites is 1. The largest absolute Gasteiger partial charge is 0.476 e. The van der Waals surface area contributed by atoms with Gasteiger partial charge in [-0.15, -0.1) is 4.91 Å². The van der Waals surface area contributed by atoms with E-state index in [0.29, 0.717) is 5.01 Å². The highest BCUT2D eigenvalue weighted by Crippen LogP contribution is 2.16. The predicted molar refractivity (Wildman–Crippen MR) is 102 cm³/mol. The number of nitrogens with zero attached hydrogens (tertiary/aromatic N) is 3. The van der Waals surface area contributed by atoms with E-state index in [1.165, 1.54) is 19.5 Å². The van der Waals surface area contributed by atoms with Crippen LogP contribution in [0.1, 0.15) is 5.56 Å². The van der Waals surface area contributed by atoms with Crippen LogP contribution in [0.15, 0.2) is 46.4 Å². The second-order valence-electron chi connectivity index (χ2n) is 5.27. The van der Waals surface area contributed by atoms with E-state index in [9.17, 15) is 14.5 Å². The number of carboxylic acid groups (broad SMARTS) is 1. The summed E-state index contributed by atoms with van der Waals surface area (Å²) >= 11 is 0. The van der Waals surface area contributed by atoms with Gasteiger partial charge >= 0.3 is 12.0 Å². The highest BCUT2D eigenvalue weighted by atomic mass is 16.4. The van der Waals surface area contributed by atoms with Gasteiger partial charge in [0.1, 0.15) is 0 Å². The van der Waals surface area contributed by atoms with Crippen molar-refractivity contribution in [1.82, 2.24) is 15.6 Å². The normalized spacial score (nSPS) is 14.3. The smallest absolute Gasteiger partial charge is 0.356 e. The maximum atomic E-state index is 10.6. The second kappa shape index (κ2) is 12.1. The van der Waals surface area contributed by atoms with Gasteiger partial charge in [-0.25, -0.2) is 14.6 Å². The number of amides is 2. The maximum Gasteiger partial charge on any atom is 0.356 e. The Morgan fingerprint density at radius 3 is 2.22 bits per heavy atom. The quantitative estimate of drug-likeness (QED) is 0.366. The third-order valence-corrected chi connectivity index (χ3v) is 3.29. The van der Waals surface area contributed by atoms with Crippen LogP contribution in [0.2, 0.25) is 0 Å². The van der Waals surface area contributed by atoms with Crippen LogP contribution in [0, 0.1) is 4.91 Å². The first-order chi connectivity index (χ1) is 13.0. The zero-order chi connectivity index (χ0) is 20.1. The number of carboxylic acids is 1. The predicted octanol–water partition coefficient (Wildman–Crippen LogP) is 0.315. The fourth-order valence-corrected chi connectivity index (χ4v) is 1.82. The summed E-state index contributed by atoms with van der Waals surface area (Å²) in [6.45, 7) is 4.56. The van der Waals surface area contributed by atoms with Gasteiger partial charge in [0.05, 0.1) is 5.29 Å². The van der Waals surface area contributed by atoms with E-state index in [1.807, 2.05) is 24.3 Å². The molecule has 2 amide bonds. The van der Waals surface area contributed by atoms with Gasteiger partial charge in [-0.2, -0.15) is 5.01 Å². The number of piperazine rings is 1. The van der Waals surface area contributed by atoms with Crippen LogP contribution < -0.4 is 21.7 Å². The van der Waals surface area contributed by atoms with Crippen molar-refractivity contribution in [3.63, 3.8) is 0 Å². The number of nitrogens with one attached hydrogen (secondary N) is 3. The maximum absolute atomic E-state index is 10.6. The minimum absolute atomic E-state index is 0.00111. The van der Waals surface area contributed by atoms with Crippen LogP contribution >= 0.6 is 0 Å². The molecule has 0 aromatic heterocycles. The van der Waals surface area contributed by atoms with Crippen molar-refractivity contribution in [3.05, 3.63) is 46.6 Å². The van der Waals surface area contributed by atoms with Crippen molar-refractivity contribution in [2.45, 2.75) is 0 Å². The highest BCUT2D eigenvalue weighted by Gasteiger charge is 2.08.